The molecule has 0 N–H and O–H groups in total. The van der Waals surface area contributed by atoms with E-state index in [1.807, 2.05) is 48.5 Å². The summed E-state index contributed by atoms with van der Waals surface area (Å²) in [6.07, 6.45) is 2.11. The number of halogens is 1. The van der Waals surface area contributed by atoms with Crippen LogP contribution in [0.5, 0.6) is 5.75 Å². The van der Waals surface area contributed by atoms with E-state index in [0.717, 1.165) is 40.3 Å². The normalized spacial score (nSPS) is 16.5. The van der Waals surface area contributed by atoms with Gasteiger partial charge in [0, 0.05) is 16.8 Å². The highest BCUT2D eigenvalue weighted by Crippen LogP contribution is 2.22. The van der Waals surface area contributed by atoms with E-state index in [1.165, 1.54) is 0 Å². The van der Waals surface area contributed by atoms with E-state index in [1.54, 1.807) is 16.3 Å². The van der Waals surface area contributed by atoms with Crippen LogP contribution in [0.4, 0.5) is 0 Å². The fourth-order valence-corrected chi connectivity index (χ4v) is 4.46. The van der Waals surface area contributed by atoms with Gasteiger partial charge < -0.3 is 9.47 Å². The Balaban J connectivity index is 1.51. The van der Waals surface area contributed by atoms with Crippen molar-refractivity contribution in [1.82, 2.24) is 9.55 Å². The topological polar surface area (TPSA) is 53.3 Å². The summed E-state index contributed by atoms with van der Waals surface area (Å²) in [6.45, 7) is 1.85. The molecule has 0 saturated carbocycles. The molecule has 2 aromatic carbocycles. The van der Waals surface area contributed by atoms with Crippen molar-refractivity contribution in [1.29, 1.82) is 0 Å². The third-order valence-corrected chi connectivity index (χ3v) is 6.05. The van der Waals surface area contributed by atoms with Gasteiger partial charge in [-0.3, -0.25) is 9.36 Å². The van der Waals surface area contributed by atoms with Crippen LogP contribution in [0.2, 0.25) is 0 Å². The number of benzene rings is 2. The lowest BCUT2D eigenvalue weighted by atomic mass is 10.2. The maximum Gasteiger partial charge on any atom is 0.262 e. The van der Waals surface area contributed by atoms with Gasteiger partial charge in [-0.05, 0) is 43.2 Å². The monoisotopic (exact) mass is 460 g/mol. The van der Waals surface area contributed by atoms with Gasteiger partial charge in [-0.15, -0.1) is 0 Å². The molecule has 0 radical (unpaired) electrons. The number of thioether (sulfide) groups is 1. The average molecular weight is 461 g/mol. The molecule has 1 aliphatic rings. The highest BCUT2D eigenvalue weighted by molar-refractivity contribution is 9.10. The van der Waals surface area contributed by atoms with E-state index in [-0.39, 0.29) is 11.7 Å². The first-order valence-electron chi connectivity index (χ1n) is 9.33. The van der Waals surface area contributed by atoms with Crippen LogP contribution in [0.1, 0.15) is 12.8 Å². The molecule has 0 aliphatic carbocycles. The van der Waals surface area contributed by atoms with Crippen LogP contribution < -0.4 is 10.3 Å². The Hall–Kier alpha value is -1.83. The first kappa shape index (κ1) is 19.5. The van der Waals surface area contributed by atoms with Crippen LogP contribution in [0.3, 0.4) is 0 Å². The Kier molecular flexibility index (Phi) is 6.34. The summed E-state index contributed by atoms with van der Waals surface area (Å²) >= 11 is 4.99. The van der Waals surface area contributed by atoms with Gasteiger partial charge in [-0.25, -0.2) is 4.98 Å². The van der Waals surface area contributed by atoms with E-state index >= 15 is 0 Å². The molecule has 2 heterocycles. The number of hydrogen-bond donors (Lipinski definition) is 0. The van der Waals surface area contributed by atoms with E-state index in [9.17, 15) is 4.79 Å². The lowest BCUT2D eigenvalue weighted by molar-refractivity contribution is 0.0937. The third kappa shape index (κ3) is 4.59. The fraction of sp³-hybridized carbons (Fsp3) is 0.333. The molecular weight excluding hydrogens is 440 g/mol. The number of fused-ring (bicyclic) bond motifs is 1. The largest absolute Gasteiger partial charge is 0.493 e. The third-order valence-electron chi connectivity index (χ3n) is 4.62. The summed E-state index contributed by atoms with van der Waals surface area (Å²) in [4.78, 5) is 17.8. The smallest absolute Gasteiger partial charge is 0.262 e. The standard InChI is InChI=1S/C21H21BrN2O3S/c22-15-5-3-6-16(13-15)27-11-12-28-21-23-19-9-2-1-8-18(19)20(25)24(21)14-17-7-4-10-26-17/h1-3,5-6,8-9,13,17H,4,7,10-12,14H2. The van der Waals surface area contributed by atoms with Gasteiger partial charge in [0.05, 0.1) is 30.2 Å². The second-order valence-corrected chi connectivity index (χ2v) is 8.59. The lowest BCUT2D eigenvalue weighted by Crippen LogP contribution is -2.29. The number of hydrogen-bond acceptors (Lipinski definition) is 5. The van der Waals surface area contributed by atoms with Crippen molar-refractivity contribution in [2.24, 2.45) is 0 Å². The van der Waals surface area contributed by atoms with Gasteiger partial charge >= 0.3 is 0 Å². The molecule has 4 rings (SSSR count). The molecule has 1 fully saturated rings. The van der Waals surface area contributed by atoms with Crippen molar-refractivity contribution >= 4 is 38.6 Å². The second-order valence-electron chi connectivity index (χ2n) is 6.62. The minimum atomic E-state index is -0.00323. The molecule has 1 saturated heterocycles. The highest BCUT2D eigenvalue weighted by atomic mass is 79.9. The van der Waals surface area contributed by atoms with Crippen molar-refractivity contribution in [3.63, 3.8) is 0 Å². The van der Waals surface area contributed by atoms with E-state index in [0.29, 0.717) is 24.3 Å². The van der Waals surface area contributed by atoms with Gasteiger partial charge in [0.15, 0.2) is 5.16 Å². The van der Waals surface area contributed by atoms with Crippen LogP contribution in [0.25, 0.3) is 10.9 Å². The minimum Gasteiger partial charge on any atom is -0.493 e. The van der Waals surface area contributed by atoms with Crippen LogP contribution >= 0.6 is 27.7 Å². The number of rotatable bonds is 7. The van der Waals surface area contributed by atoms with Gasteiger partial charge in [-0.2, -0.15) is 0 Å². The van der Waals surface area contributed by atoms with Crippen LogP contribution in [-0.2, 0) is 11.3 Å². The molecular formula is C21H21BrN2O3S. The zero-order valence-corrected chi connectivity index (χ0v) is 17.7. The maximum atomic E-state index is 13.0. The number of nitrogens with zero attached hydrogens (tertiary/aromatic N) is 2. The Morgan fingerprint density at radius 3 is 2.96 bits per heavy atom. The van der Waals surface area contributed by atoms with E-state index in [2.05, 4.69) is 15.9 Å². The SMILES string of the molecule is O=c1c2ccccc2nc(SCCOc2cccc(Br)c2)n1CC1CCCO1. The molecule has 5 nitrogen and oxygen atoms in total. The predicted molar refractivity (Wildman–Crippen MR) is 115 cm³/mol. The summed E-state index contributed by atoms with van der Waals surface area (Å²) in [6, 6.07) is 15.3. The fourth-order valence-electron chi connectivity index (χ4n) is 3.26. The van der Waals surface area contributed by atoms with E-state index < -0.39 is 0 Å². The molecule has 0 spiro atoms. The molecule has 1 aliphatic heterocycles. The first-order valence-corrected chi connectivity index (χ1v) is 11.1. The summed E-state index contributed by atoms with van der Waals surface area (Å²) in [7, 11) is 0. The van der Waals surface area contributed by atoms with Crippen molar-refractivity contribution in [3.8, 4) is 5.75 Å². The van der Waals surface area contributed by atoms with Crippen LogP contribution in [-0.4, -0.2) is 34.6 Å². The minimum absolute atomic E-state index is 0.00323. The zero-order chi connectivity index (χ0) is 19.3. The summed E-state index contributed by atoms with van der Waals surface area (Å²) in [5, 5.41) is 1.37. The predicted octanol–water partition coefficient (Wildman–Crippen LogP) is 4.51. The van der Waals surface area contributed by atoms with Gasteiger partial charge in [0.2, 0.25) is 0 Å². The molecule has 0 bridgehead atoms. The Morgan fingerprint density at radius 2 is 2.14 bits per heavy atom. The molecule has 3 aromatic rings. The average Bonchev–Trinajstić information content (AvgIpc) is 3.21. The maximum absolute atomic E-state index is 13.0. The van der Waals surface area contributed by atoms with Gasteiger partial charge in [-0.1, -0.05) is 45.9 Å². The number of aromatic nitrogens is 2. The Bertz CT molecular complexity index is 1020. The van der Waals surface area contributed by atoms with E-state index in [4.69, 9.17) is 14.5 Å². The van der Waals surface area contributed by atoms with Crippen LogP contribution in [0.15, 0.2) is 63.0 Å². The molecule has 146 valence electrons. The molecule has 1 atom stereocenters. The van der Waals surface area contributed by atoms with Crippen LogP contribution in [0, 0.1) is 0 Å². The Labute approximate surface area is 176 Å². The summed E-state index contributed by atoms with van der Waals surface area (Å²) < 4.78 is 14.3. The molecule has 28 heavy (non-hydrogen) atoms. The molecule has 0 amide bonds. The Morgan fingerprint density at radius 1 is 1.25 bits per heavy atom. The van der Waals surface area contributed by atoms with Gasteiger partial charge in [0.1, 0.15) is 5.75 Å². The van der Waals surface area contributed by atoms with Crippen molar-refractivity contribution < 1.29 is 9.47 Å². The summed E-state index contributed by atoms with van der Waals surface area (Å²) in [5.74, 6) is 1.52. The quantitative estimate of drug-likeness (QED) is 0.295. The summed E-state index contributed by atoms with van der Waals surface area (Å²) in [5.41, 5.74) is 0.725. The van der Waals surface area contributed by atoms with Gasteiger partial charge in [0.25, 0.3) is 5.56 Å². The second kappa shape index (κ2) is 9.11. The number of ether oxygens (including phenoxy) is 2. The zero-order valence-electron chi connectivity index (χ0n) is 15.3. The first-order chi connectivity index (χ1) is 13.7. The molecule has 7 heteroatoms. The number of para-hydroxylation sites is 1. The highest BCUT2D eigenvalue weighted by Gasteiger charge is 2.20. The van der Waals surface area contributed by atoms with Crippen molar-refractivity contribution in [3.05, 3.63) is 63.4 Å². The molecule has 1 aromatic heterocycles. The molecule has 1 unspecified atom stereocenters. The van der Waals surface area contributed by atoms with Crippen molar-refractivity contribution in [2.75, 3.05) is 19.0 Å². The lowest BCUT2D eigenvalue weighted by Gasteiger charge is -2.16. The van der Waals surface area contributed by atoms with Crippen molar-refractivity contribution in [2.45, 2.75) is 30.6 Å².